The molecule has 6 nitrogen and oxygen atoms in total. The fraction of sp³-hybridized carbons (Fsp3) is 0.636. The zero-order valence-corrected chi connectivity index (χ0v) is 10.1. The van der Waals surface area contributed by atoms with Gasteiger partial charge in [0.15, 0.2) is 5.82 Å². The third kappa shape index (κ3) is 3.36. The number of nitrogens with zero attached hydrogens (tertiary/aromatic N) is 3. The van der Waals surface area contributed by atoms with Gasteiger partial charge in [-0.3, -0.25) is 9.88 Å². The van der Waals surface area contributed by atoms with Crippen LogP contribution in [0.1, 0.15) is 18.5 Å². The molecule has 1 aliphatic heterocycles. The summed E-state index contributed by atoms with van der Waals surface area (Å²) >= 11 is 0. The molecule has 0 aromatic carbocycles. The standard InChI is InChI=1S/C11H19N5O/c1-17-10-3-2-4-16(8-10)7-9-5-14-11(15-12)6-13-9/h5-6,10H,2-4,7-8,12H2,1H3,(H,14,15). The van der Waals surface area contributed by atoms with E-state index < -0.39 is 0 Å². The van der Waals surface area contributed by atoms with E-state index in [2.05, 4.69) is 20.3 Å². The van der Waals surface area contributed by atoms with Crippen molar-refractivity contribution in [1.82, 2.24) is 14.9 Å². The van der Waals surface area contributed by atoms with E-state index in [1.54, 1.807) is 19.5 Å². The molecule has 2 rings (SSSR count). The van der Waals surface area contributed by atoms with Gasteiger partial charge in [-0.2, -0.15) is 0 Å². The van der Waals surface area contributed by atoms with Gasteiger partial charge < -0.3 is 10.2 Å². The van der Waals surface area contributed by atoms with E-state index in [9.17, 15) is 0 Å². The molecular weight excluding hydrogens is 218 g/mol. The molecule has 0 radical (unpaired) electrons. The molecule has 1 unspecified atom stereocenters. The molecule has 6 heteroatoms. The van der Waals surface area contributed by atoms with Crippen LogP contribution in [0.15, 0.2) is 12.4 Å². The van der Waals surface area contributed by atoms with Gasteiger partial charge in [0.1, 0.15) is 0 Å². The Kier molecular flexibility index (Phi) is 4.24. The van der Waals surface area contributed by atoms with Crippen LogP contribution in [0.2, 0.25) is 0 Å². The summed E-state index contributed by atoms with van der Waals surface area (Å²) < 4.78 is 5.39. The first-order valence-corrected chi connectivity index (χ1v) is 5.84. The Balaban J connectivity index is 1.90. The molecule has 0 amide bonds. The Labute approximate surface area is 101 Å². The lowest BCUT2D eigenvalue weighted by Gasteiger charge is -2.31. The summed E-state index contributed by atoms with van der Waals surface area (Å²) in [5.74, 6) is 5.83. The Bertz CT molecular complexity index is 342. The van der Waals surface area contributed by atoms with Gasteiger partial charge in [0.05, 0.1) is 24.2 Å². The van der Waals surface area contributed by atoms with Gasteiger partial charge in [-0.15, -0.1) is 0 Å². The Hall–Kier alpha value is -1.24. The van der Waals surface area contributed by atoms with Crippen molar-refractivity contribution in [3.63, 3.8) is 0 Å². The van der Waals surface area contributed by atoms with Crippen LogP contribution < -0.4 is 11.3 Å². The monoisotopic (exact) mass is 237 g/mol. The first-order chi connectivity index (χ1) is 8.31. The average Bonchev–Trinajstić information content (AvgIpc) is 2.40. The number of ether oxygens (including phenoxy) is 1. The lowest BCUT2D eigenvalue weighted by atomic mass is 10.1. The number of likely N-dealkylation sites (tertiary alicyclic amines) is 1. The van der Waals surface area contributed by atoms with Crippen molar-refractivity contribution >= 4 is 5.82 Å². The van der Waals surface area contributed by atoms with E-state index in [1.807, 2.05) is 0 Å². The summed E-state index contributed by atoms with van der Waals surface area (Å²) in [5.41, 5.74) is 3.43. The van der Waals surface area contributed by atoms with Crippen LogP contribution in [0.3, 0.4) is 0 Å². The maximum absolute atomic E-state index is 5.39. The summed E-state index contributed by atoms with van der Waals surface area (Å²) in [4.78, 5) is 10.8. The van der Waals surface area contributed by atoms with E-state index in [4.69, 9.17) is 10.6 Å². The van der Waals surface area contributed by atoms with Crippen molar-refractivity contribution in [1.29, 1.82) is 0 Å². The number of hydrogen-bond acceptors (Lipinski definition) is 6. The van der Waals surface area contributed by atoms with Gasteiger partial charge in [-0.05, 0) is 19.4 Å². The molecule has 1 fully saturated rings. The molecule has 2 heterocycles. The van der Waals surface area contributed by atoms with Crippen molar-refractivity contribution < 1.29 is 4.74 Å². The fourth-order valence-corrected chi connectivity index (χ4v) is 2.09. The second kappa shape index (κ2) is 5.90. The van der Waals surface area contributed by atoms with E-state index in [0.29, 0.717) is 11.9 Å². The maximum Gasteiger partial charge on any atom is 0.158 e. The minimum atomic E-state index is 0.349. The van der Waals surface area contributed by atoms with Crippen LogP contribution in [0.4, 0.5) is 5.82 Å². The highest BCUT2D eigenvalue weighted by Gasteiger charge is 2.19. The number of hydrogen-bond donors (Lipinski definition) is 2. The molecular formula is C11H19N5O. The normalized spacial score (nSPS) is 21.4. The van der Waals surface area contributed by atoms with Gasteiger partial charge in [-0.1, -0.05) is 0 Å². The number of methoxy groups -OCH3 is 1. The number of nitrogens with one attached hydrogen (secondary N) is 1. The smallest absolute Gasteiger partial charge is 0.158 e. The third-order valence-electron chi connectivity index (χ3n) is 3.03. The van der Waals surface area contributed by atoms with E-state index >= 15 is 0 Å². The van der Waals surface area contributed by atoms with E-state index in [0.717, 1.165) is 31.7 Å². The Morgan fingerprint density at radius 2 is 2.41 bits per heavy atom. The van der Waals surface area contributed by atoms with Crippen molar-refractivity contribution in [2.24, 2.45) is 5.84 Å². The van der Waals surface area contributed by atoms with Crippen LogP contribution in [0.25, 0.3) is 0 Å². The molecule has 17 heavy (non-hydrogen) atoms. The fourth-order valence-electron chi connectivity index (χ4n) is 2.09. The number of piperidine rings is 1. The maximum atomic E-state index is 5.39. The highest BCUT2D eigenvalue weighted by molar-refractivity contribution is 5.28. The molecule has 1 aromatic heterocycles. The van der Waals surface area contributed by atoms with Crippen molar-refractivity contribution in [3.8, 4) is 0 Å². The van der Waals surface area contributed by atoms with Crippen LogP contribution in [0, 0.1) is 0 Å². The molecule has 0 aliphatic carbocycles. The van der Waals surface area contributed by atoms with Crippen LogP contribution in [-0.4, -0.2) is 41.2 Å². The Morgan fingerprint density at radius 3 is 3.06 bits per heavy atom. The topological polar surface area (TPSA) is 76.3 Å². The summed E-state index contributed by atoms with van der Waals surface area (Å²) in [7, 11) is 1.77. The molecule has 1 saturated heterocycles. The molecule has 1 aliphatic rings. The molecule has 1 atom stereocenters. The van der Waals surface area contributed by atoms with Gasteiger partial charge >= 0.3 is 0 Å². The second-order valence-corrected chi connectivity index (χ2v) is 4.27. The van der Waals surface area contributed by atoms with E-state index in [-0.39, 0.29) is 0 Å². The number of aromatic nitrogens is 2. The number of rotatable bonds is 4. The molecule has 94 valence electrons. The van der Waals surface area contributed by atoms with Gasteiger partial charge in [-0.25, -0.2) is 10.8 Å². The van der Waals surface area contributed by atoms with E-state index in [1.165, 1.54) is 6.42 Å². The summed E-state index contributed by atoms with van der Waals surface area (Å²) in [6, 6.07) is 0. The number of hydrazine groups is 1. The SMILES string of the molecule is COC1CCCN(Cc2cnc(NN)cn2)C1. The minimum Gasteiger partial charge on any atom is -0.380 e. The lowest BCUT2D eigenvalue weighted by Crippen LogP contribution is -2.38. The first-order valence-electron chi connectivity index (χ1n) is 5.84. The highest BCUT2D eigenvalue weighted by atomic mass is 16.5. The summed E-state index contributed by atoms with van der Waals surface area (Å²) in [6.07, 6.45) is 6.07. The third-order valence-corrected chi connectivity index (χ3v) is 3.03. The molecule has 0 spiro atoms. The van der Waals surface area contributed by atoms with Crippen molar-refractivity contribution in [3.05, 3.63) is 18.1 Å². The lowest BCUT2D eigenvalue weighted by molar-refractivity contribution is 0.0281. The van der Waals surface area contributed by atoms with Crippen LogP contribution in [-0.2, 0) is 11.3 Å². The predicted octanol–water partition coefficient (Wildman–Crippen LogP) is 0.373. The van der Waals surface area contributed by atoms with Gasteiger partial charge in [0.2, 0.25) is 0 Å². The molecule has 1 aromatic rings. The number of nitrogen functional groups attached to an aromatic ring is 1. The largest absolute Gasteiger partial charge is 0.380 e. The average molecular weight is 237 g/mol. The van der Waals surface area contributed by atoms with Gasteiger partial charge in [0.25, 0.3) is 0 Å². The van der Waals surface area contributed by atoms with Crippen LogP contribution >= 0.6 is 0 Å². The van der Waals surface area contributed by atoms with Crippen LogP contribution in [0.5, 0.6) is 0 Å². The van der Waals surface area contributed by atoms with Crippen molar-refractivity contribution in [2.75, 3.05) is 25.6 Å². The zero-order valence-electron chi connectivity index (χ0n) is 10.1. The minimum absolute atomic E-state index is 0.349. The number of anilines is 1. The predicted molar refractivity (Wildman–Crippen MR) is 65.2 cm³/mol. The number of nitrogens with two attached hydrogens (primary N) is 1. The van der Waals surface area contributed by atoms with Gasteiger partial charge in [0, 0.05) is 20.2 Å². The first kappa shape index (κ1) is 12.2. The summed E-state index contributed by atoms with van der Waals surface area (Å²) in [6.45, 7) is 2.88. The molecule has 3 N–H and O–H groups in total. The Morgan fingerprint density at radius 1 is 1.53 bits per heavy atom. The summed E-state index contributed by atoms with van der Waals surface area (Å²) in [5, 5.41) is 0. The van der Waals surface area contributed by atoms with Crippen molar-refractivity contribution in [2.45, 2.75) is 25.5 Å². The molecule has 0 saturated carbocycles. The second-order valence-electron chi connectivity index (χ2n) is 4.27. The highest BCUT2D eigenvalue weighted by Crippen LogP contribution is 2.14. The quantitative estimate of drug-likeness (QED) is 0.582. The molecule has 0 bridgehead atoms. The zero-order chi connectivity index (χ0) is 12.1.